The number of rotatable bonds is 9. The smallest absolute Gasteiger partial charge is 0.240 e. The Morgan fingerprint density at radius 1 is 0.862 bits per heavy atom. The fraction of sp³-hybridized carbons (Fsp3) is 0.435. The van der Waals surface area contributed by atoms with Gasteiger partial charge in [0.1, 0.15) is 0 Å². The molecule has 1 aliphatic rings. The molecule has 0 unspecified atom stereocenters. The summed E-state index contributed by atoms with van der Waals surface area (Å²) in [4.78, 5) is 12.3. The molecule has 1 aliphatic carbocycles. The lowest BCUT2D eigenvalue weighted by atomic mass is 9.96. The Labute approximate surface area is 174 Å². The molecule has 3 rings (SSSR count). The molecule has 1 fully saturated rings. The van der Waals surface area contributed by atoms with E-state index in [1.807, 2.05) is 30.3 Å². The van der Waals surface area contributed by atoms with E-state index >= 15 is 0 Å². The summed E-state index contributed by atoms with van der Waals surface area (Å²) in [6, 6.07) is 17.0. The van der Waals surface area contributed by atoms with Gasteiger partial charge in [-0.3, -0.25) is 4.79 Å². The van der Waals surface area contributed by atoms with E-state index in [1.54, 1.807) is 24.3 Å². The first-order valence-electron chi connectivity index (χ1n) is 10.4. The van der Waals surface area contributed by atoms with E-state index in [2.05, 4.69) is 10.0 Å². The number of aryl methyl sites for hydroxylation is 1. The molecule has 1 saturated carbocycles. The molecule has 0 atom stereocenters. The van der Waals surface area contributed by atoms with Crippen LogP contribution in [0.5, 0.6) is 0 Å². The van der Waals surface area contributed by atoms with Crippen molar-refractivity contribution in [3.05, 3.63) is 65.7 Å². The third kappa shape index (κ3) is 6.98. The van der Waals surface area contributed by atoms with E-state index in [0.29, 0.717) is 24.3 Å². The maximum Gasteiger partial charge on any atom is 0.240 e. The van der Waals surface area contributed by atoms with Crippen molar-refractivity contribution < 1.29 is 13.2 Å². The van der Waals surface area contributed by atoms with Crippen molar-refractivity contribution in [2.45, 2.75) is 62.3 Å². The first kappa shape index (κ1) is 21.5. The van der Waals surface area contributed by atoms with Crippen LogP contribution in [0, 0.1) is 0 Å². The number of carbonyl (C=O) groups is 1. The number of amides is 1. The highest BCUT2D eigenvalue weighted by molar-refractivity contribution is 7.89. The molecule has 0 aliphatic heterocycles. The molecule has 2 aromatic rings. The molecule has 6 heteroatoms. The van der Waals surface area contributed by atoms with Crippen molar-refractivity contribution in [3.8, 4) is 0 Å². The SMILES string of the molecule is O=C(CCc1ccc(S(=O)(=O)NC2CCCCC2)cc1)NCCc1ccccc1. The Balaban J connectivity index is 1.43. The summed E-state index contributed by atoms with van der Waals surface area (Å²) in [6.45, 7) is 0.618. The standard InChI is InChI=1S/C23H30N2O3S/c26-23(24-18-17-19-7-3-1-4-8-19)16-13-20-11-14-22(15-12-20)29(27,28)25-21-9-5-2-6-10-21/h1,3-4,7-8,11-12,14-15,21,25H,2,5-6,9-10,13,16-18H2,(H,24,26). The topological polar surface area (TPSA) is 75.3 Å². The van der Waals surface area contributed by atoms with Crippen molar-refractivity contribution in [2.24, 2.45) is 0 Å². The van der Waals surface area contributed by atoms with Crippen LogP contribution in [0.3, 0.4) is 0 Å². The number of hydrogen-bond acceptors (Lipinski definition) is 3. The van der Waals surface area contributed by atoms with Crippen molar-refractivity contribution >= 4 is 15.9 Å². The Morgan fingerprint density at radius 2 is 1.52 bits per heavy atom. The van der Waals surface area contributed by atoms with Crippen LogP contribution in [0.15, 0.2) is 59.5 Å². The maximum atomic E-state index is 12.5. The van der Waals surface area contributed by atoms with E-state index in [1.165, 1.54) is 12.0 Å². The van der Waals surface area contributed by atoms with E-state index in [-0.39, 0.29) is 11.9 Å². The number of sulfonamides is 1. The van der Waals surface area contributed by atoms with Crippen molar-refractivity contribution in [1.29, 1.82) is 0 Å². The van der Waals surface area contributed by atoms with E-state index < -0.39 is 10.0 Å². The van der Waals surface area contributed by atoms with Gasteiger partial charge in [0, 0.05) is 19.0 Å². The second kappa shape index (κ2) is 10.6. The number of hydrogen-bond donors (Lipinski definition) is 2. The van der Waals surface area contributed by atoms with Gasteiger partial charge in [-0.2, -0.15) is 0 Å². The fourth-order valence-corrected chi connectivity index (χ4v) is 4.99. The molecule has 0 saturated heterocycles. The van der Waals surface area contributed by atoms with Gasteiger partial charge in [0.15, 0.2) is 0 Å². The molecular formula is C23H30N2O3S. The van der Waals surface area contributed by atoms with Gasteiger partial charge in [-0.15, -0.1) is 0 Å². The van der Waals surface area contributed by atoms with Crippen molar-refractivity contribution in [3.63, 3.8) is 0 Å². The lowest BCUT2D eigenvalue weighted by Gasteiger charge is -2.22. The molecule has 5 nitrogen and oxygen atoms in total. The fourth-order valence-electron chi connectivity index (χ4n) is 3.68. The van der Waals surface area contributed by atoms with Gasteiger partial charge >= 0.3 is 0 Å². The normalized spacial score (nSPS) is 15.2. The van der Waals surface area contributed by atoms with E-state index in [9.17, 15) is 13.2 Å². The Hall–Kier alpha value is -2.18. The second-order valence-electron chi connectivity index (χ2n) is 7.69. The Bertz CT molecular complexity index is 874. The molecule has 0 aromatic heterocycles. The van der Waals surface area contributed by atoms with Crippen LogP contribution in [-0.2, 0) is 27.7 Å². The van der Waals surface area contributed by atoms with Gasteiger partial charge < -0.3 is 5.32 Å². The highest BCUT2D eigenvalue weighted by Crippen LogP contribution is 2.20. The third-order valence-corrected chi connectivity index (χ3v) is 6.92. The van der Waals surface area contributed by atoms with Gasteiger partial charge in [0.05, 0.1) is 4.90 Å². The summed E-state index contributed by atoms with van der Waals surface area (Å²) in [6.07, 6.45) is 6.97. The Kier molecular flexibility index (Phi) is 7.83. The monoisotopic (exact) mass is 414 g/mol. The number of carbonyl (C=O) groups excluding carboxylic acids is 1. The minimum Gasteiger partial charge on any atom is -0.356 e. The van der Waals surface area contributed by atoms with Gasteiger partial charge in [0.2, 0.25) is 15.9 Å². The molecular weight excluding hydrogens is 384 g/mol. The van der Waals surface area contributed by atoms with Gasteiger partial charge in [-0.25, -0.2) is 13.1 Å². The average Bonchev–Trinajstić information content (AvgIpc) is 2.74. The largest absolute Gasteiger partial charge is 0.356 e. The van der Waals surface area contributed by atoms with E-state index in [0.717, 1.165) is 37.7 Å². The zero-order valence-corrected chi connectivity index (χ0v) is 17.6. The van der Waals surface area contributed by atoms with Gasteiger partial charge in [-0.05, 0) is 48.9 Å². The summed E-state index contributed by atoms with van der Waals surface area (Å²) >= 11 is 0. The van der Waals surface area contributed by atoms with Crippen LogP contribution in [0.2, 0.25) is 0 Å². The van der Waals surface area contributed by atoms with Gasteiger partial charge in [-0.1, -0.05) is 61.7 Å². The maximum absolute atomic E-state index is 12.5. The molecule has 0 spiro atoms. The predicted molar refractivity (Wildman–Crippen MR) is 115 cm³/mol. The number of nitrogens with one attached hydrogen (secondary N) is 2. The highest BCUT2D eigenvalue weighted by Gasteiger charge is 2.21. The minimum absolute atomic E-state index is 0.0107. The average molecular weight is 415 g/mol. The summed E-state index contributed by atoms with van der Waals surface area (Å²) < 4.78 is 27.9. The quantitative estimate of drug-likeness (QED) is 0.658. The van der Waals surface area contributed by atoms with Crippen LogP contribution in [0.1, 0.15) is 49.7 Å². The predicted octanol–water partition coefficient (Wildman–Crippen LogP) is 3.59. The van der Waals surface area contributed by atoms with Crippen LogP contribution < -0.4 is 10.0 Å². The van der Waals surface area contributed by atoms with Crippen LogP contribution in [0.4, 0.5) is 0 Å². The summed E-state index contributed by atoms with van der Waals surface area (Å²) in [5.74, 6) is 0.0107. The first-order chi connectivity index (χ1) is 14.0. The van der Waals surface area contributed by atoms with Crippen LogP contribution in [-0.4, -0.2) is 26.9 Å². The Morgan fingerprint density at radius 3 is 2.21 bits per heavy atom. The lowest BCUT2D eigenvalue weighted by molar-refractivity contribution is -0.121. The highest BCUT2D eigenvalue weighted by atomic mass is 32.2. The van der Waals surface area contributed by atoms with Crippen LogP contribution in [0.25, 0.3) is 0 Å². The van der Waals surface area contributed by atoms with Crippen molar-refractivity contribution in [2.75, 3.05) is 6.54 Å². The molecule has 0 radical (unpaired) electrons. The number of benzene rings is 2. The molecule has 29 heavy (non-hydrogen) atoms. The zero-order chi connectivity index (χ0) is 20.5. The first-order valence-corrected chi connectivity index (χ1v) is 11.9. The molecule has 2 aromatic carbocycles. The zero-order valence-electron chi connectivity index (χ0n) is 16.8. The molecule has 0 heterocycles. The molecule has 1 amide bonds. The summed E-state index contributed by atoms with van der Waals surface area (Å²) in [7, 11) is -3.48. The molecule has 2 N–H and O–H groups in total. The summed E-state index contributed by atoms with van der Waals surface area (Å²) in [5, 5.41) is 2.94. The second-order valence-corrected chi connectivity index (χ2v) is 9.40. The lowest BCUT2D eigenvalue weighted by Crippen LogP contribution is -2.36. The van der Waals surface area contributed by atoms with Gasteiger partial charge in [0.25, 0.3) is 0 Å². The van der Waals surface area contributed by atoms with Crippen molar-refractivity contribution in [1.82, 2.24) is 10.0 Å². The third-order valence-electron chi connectivity index (χ3n) is 5.38. The van der Waals surface area contributed by atoms with Crippen LogP contribution >= 0.6 is 0 Å². The minimum atomic E-state index is -3.48. The summed E-state index contributed by atoms with van der Waals surface area (Å²) in [5.41, 5.74) is 2.16. The molecule has 156 valence electrons. The van der Waals surface area contributed by atoms with E-state index in [4.69, 9.17) is 0 Å². The molecule has 0 bridgehead atoms.